The van der Waals surface area contributed by atoms with Crippen molar-refractivity contribution in [2.75, 3.05) is 6.54 Å². The summed E-state index contributed by atoms with van der Waals surface area (Å²) in [5.74, 6) is -0.102. The smallest absolute Gasteiger partial charge is 0.411 e. The van der Waals surface area contributed by atoms with E-state index < -0.39 is 11.7 Å². The highest BCUT2D eigenvalue weighted by atomic mass is 16.6. The number of carbonyl (C=O) groups excluding carboxylic acids is 2. The number of nitrogens with zero attached hydrogens (tertiary/aromatic N) is 2. The molecule has 0 unspecified atom stereocenters. The van der Waals surface area contributed by atoms with E-state index in [2.05, 4.69) is 4.98 Å². The number of hydrogen-bond donors (Lipinski definition) is 0. The number of aromatic nitrogens is 1. The van der Waals surface area contributed by atoms with Crippen LogP contribution in [0.2, 0.25) is 0 Å². The van der Waals surface area contributed by atoms with Gasteiger partial charge in [-0.2, -0.15) is 0 Å². The van der Waals surface area contributed by atoms with Crippen molar-refractivity contribution in [1.82, 2.24) is 9.88 Å². The van der Waals surface area contributed by atoms with Crippen molar-refractivity contribution in [2.24, 2.45) is 0 Å². The molecule has 1 aromatic rings. The molecular weight excluding hydrogens is 232 g/mol. The normalized spacial score (nSPS) is 15.3. The molecule has 5 nitrogen and oxygen atoms in total. The first-order chi connectivity index (χ1) is 8.37. The molecule has 1 aromatic heterocycles. The lowest BCUT2D eigenvalue weighted by Crippen LogP contribution is -2.42. The first-order valence-corrected chi connectivity index (χ1v) is 5.81. The molecule has 0 fully saturated rings. The molecule has 5 heteroatoms. The Morgan fingerprint density at radius 2 is 2.11 bits per heavy atom. The van der Waals surface area contributed by atoms with E-state index in [9.17, 15) is 9.59 Å². The van der Waals surface area contributed by atoms with Gasteiger partial charge in [0.15, 0.2) is 5.78 Å². The minimum absolute atomic E-state index is 0.0492. The fourth-order valence-corrected chi connectivity index (χ4v) is 1.79. The number of ketones is 1. The summed E-state index contributed by atoms with van der Waals surface area (Å²) in [6, 6.07) is 1.75. The van der Waals surface area contributed by atoms with Gasteiger partial charge in [0.2, 0.25) is 0 Å². The molecule has 1 aliphatic rings. The number of hydrogen-bond acceptors (Lipinski definition) is 4. The maximum absolute atomic E-state index is 11.9. The second-order valence-electron chi connectivity index (χ2n) is 5.29. The zero-order valence-corrected chi connectivity index (χ0v) is 10.8. The van der Waals surface area contributed by atoms with Crippen LogP contribution in [0.25, 0.3) is 0 Å². The average Bonchev–Trinajstić information content (AvgIpc) is 2.26. The Morgan fingerprint density at radius 3 is 2.78 bits per heavy atom. The van der Waals surface area contributed by atoms with E-state index in [1.54, 1.807) is 39.2 Å². The monoisotopic (exact) mass is 248 g/mol. The number of fused-ring (bicyclic) bond motifs is 1. The molecule has 96 valence electrons. The lowest BCUT2D eigenvalue weighted by Gasteiger charge is -2.30. The van der Waals surface area contributed by atoms with Crippen molar-refractivity contribution in [1.29, 1.82) is 0 Å². The van der Waals surface area contributed by atoms with Crippen LogP contribution >= 0.6 is 0 Å². The minimum Gasteiger partial charge on any atom is -0.444 e. The third-order valence-electron chi connectivity index (χ3n) is 2.56. The van der Waals surface area contributed by atoms with E-state index in [-0.39, 0.29) is 12.3 Å². The summed E-state index contributed by atoms with van der Waals surface area (Å²) in [7, 11) is 0. The van der Waals surface area contributed by atoms with Crippen LogP contribution in [0.15, 0.2) is 18.5 Å². The fraction of sp³-hybridized carbons (Fsp3) is 0.462. The van der Waals surface area contributed by atoms with Crippen LogP contribution in [0, 0.1) is 0 Å². The Morgan fingerprint density at radius 1 is 1.39 bits per heavy atom. The average molecular weight is 248 g/mol. The molecule has 0 aromatic carbocycles. The first-order valence-electron chi connectivity index (χ1n) is 5.81. The van der Waals surface area contributed by atoms with Crippen LogP contribution in [-0.4, -0.2) is 33.9 Å². The second-order valence-corrected chi connectivity index (χ2v) is 5.29. The molecule has 0 saturated heterocycles. The zero-order chi connectivity index (χ0) is 13.3. The van der Waals surface area contributed by atoms with Gasteiger partial charge in [-0.05, 0) is 32.4 Å². The van der Waals surface area contributed by atoms with Gasteiger partial charge in [0.25, 0.3) is 0 Å². The van der Waals surface area contributed by atoms with Crippen LogP contribution in [0.5, 0.6) is 0 Å². The van der Waals surface area contributed by atoms with E-state index >= 15 is 0 Å². The Hall–Kier alpha value is -1.91. The van der Waals surface area contributed by atoms with Gasteiger partial charge in [0, 0.05) is 18.0 Å². The third kappa shape index (κ3) is 2.67. The molecule has 0 saturated carbocycles. The van der Waals surface area contributed by atoms with Gasteiger partial charge >= 0.3 is 6.09 Å². The molecule has 2 heterocycles. The van der Waals surface area contributed by atoms with E-state index in [4.69, 9.17) is 4.74 Å². The van der Waals surface area contributed by atoms with E-state index in [1.807, 2.05) is 0 Å². The highest BCUT2D eigenvalue weighted by Crippen LogP contribution is 2.19. The van der Waals surface area contributed by atoms with Crippen molar-refractivity contribution in [3.63, 3.8) is 0 Å². The maximum Gasteiger partial charge on any atom is 0.411 e. The Labute approximate surface area is 106 Å². The lowest BCUT2D eigenvalue weighted by atomic mass is 10.0. The molecule has 18 heavy (non-hydrogen) atoms. The standard InChI is InChI=1S/C13H16N2O3/c1-13(2,3)18-12(17)15-7-9-4-5-14-6-10(9)11(16)8-15/h4-6H,7-8H2,1-3H3. The van der Waals surface area contributed by atoms with Gasteiger partial charge in [-0.15, -0.1) is 0 Å². The van der Waals surface area contributed by atoms with Gasteiger partial charge in [-0.1, -0.05) is 0 Å². The Kier molecular flexibility index (Phi) is 3.07. The summed E-state index contributed by atoms with van der Waals surface area (Å²) in [5, 5.41) is 0. The molecule has 0 bridgehead atoms. The lowest BCUT2D eigenvalue weighted by molar-refractivity contribution is 0.0220. The van der Waals surface area contributed by atoms with Crippen LogP contribution in [-0.2, 0) is 11.3 Å². The summed E-state index contributed by atoms with van der Waals surface area (Å²) in [6.45, 7) is 5.84. The van der Waals surface area contributed by atoms with Crippen LogP contribution < -0.4 is 0 Å². The number of ether oxygens (including phenoxy) is 1. The van der Waals surface area contributed by atoms with E-state index in [1.165, 1.54) is 4.90 Å². The number of carbonyl (C=O) groups is 2. The molecular formula is C13H16N2O3. The molecule has 1 aliphatic heterocycles. The molecule has 0 atom stereocenters. The van der Waals surface area contributed by atoms with Gasteiger partial charge < -0.3 is 4.74 Å². The van der Waals surface area contributed by atoms with E-state index in [0.717, 1.165) is 5.56 Å². The number of amides is 1. The Balaban J connectivity index is 2.16. The molecule has 0 radical (unpaired) electrons. The van der Waals surface area contributed by atoms with Crippen LogP contribution in [0.4, 0.5) is 4.79 Å². The summed E-state index contributed by atoms with van der Waals surface area (Å²) in [5.41, 5.74) is 0.850. The second kappa shape index (κ2) is 4.40. The summed E-state index contributed by atoms with van der Waals surface area (Å²) < 4.78 is 5.26. The van der Waals surface area contributed by atoms with Crippen LogP contribution in [0.3, 0.4) is 0 Å². The fourth-order valence-electron chi connectivity index (χ4n) is 1.79. The number of pyridine rings is 1. The van der Waals surface area contributed by atoms with Crippen molar-refractivity contribution in [2.45, 2.75) is 32.9 Å². The predicted molar refractivity (Wildman–Crippen MR) is 65.2 cm³/mol. The van der Waals surface area contributed by atoms with Gasteiger partial charge in [-0.25, -0.2) is 4.79 Å². The first kappa shape index (κ1) is 12.5. The molecule has 0 N–H and O–H groups in total. The predicted octanol–water partition coefficient (Wildman–Crippen LogP) is 2.01. The molecule has 0 spiro atoms. The van der Waals surface area contributed by atoms with Crippen LogP contribution in [0.1, 0.15) is 36.7 Å². The van der Waals surface area contributed by atoms with Crippen molar-refractivity contribution in [3.05, 3.63) is 29.6 Å². The Bertz CT molecular complexity index is 491. The number of Topliss-reactive ketones (excluding diaryl/α,β-unsaturated/α-hetero) is 1. The summed E-state index contributed by atoms with van der Waals surface area (Å²) in [6.07, 6.45) is 2.70. The van der Waals surface area contributed by atoms with Crippen molar-refractivity contribution in [3.8, 4) is 0 Å². The summed E-state index contributed by atoms with van der Waals surface area (Å²) >= 11 is 0. The van der Waals surface area contributed by atoms with Crippen molar-refractivity contribution < 1.29 is 14.3 Å². The minimum atomic E-state index is -0.557. The quantitative estimate of drug-likeness (QED) is 0.704. The number of rotatable bonds is 0. The van der Waals surface area contributed by atoms with Gasteiger partial charge in [0.05, 0.1) is 13.1 Å². The SMILES string of the molecule is CC(C)(C)OC(=O)N1CC(=O)c2cnccc2C1. The highest BCUT2D eigenvalue weighted by molar-refractivity contribution is 6.01. The topological polar surface area (TPSA) is 59.5 Å². The zero-order valence-electron chi connectivity index (χ0n) is 10.8. The largest absolute Gasteiger partial charge is 0.444 e. The molecule has 0 aliphatic carbocycles. The highest BCUT2D eigenvalue weighted by Gasteiger charge is 2.29. The molecule has 2 rings (SSSR count). The van der Waals surface area contributed by atoms with E-state index in [0.29, 0.717) is 12.1 Å². The maximum atomic E-state index is 11.9. The third-order valence-corrected chi connectivity index (χ3v) is 2.56. The molecule has 1 amide bonds. The summed E-state index contributed by atoms with van der Waals surface area (Å²) in [4.78, 5) is 29.1. The van der Waals surface area contributed by atoms with Gasteiger partial charge in [0.1, 0.15) is 5.60 Å². The van der Waals surface area contributed by atoms with Gasteiger partial charge in [-0.3, -0.25) is 14.7 Å². The van der Waals surface area contributed by atoms with Crippen molar-refractivity contribution >= 4 is 11.9 Å².